The highest BCUT2D eigenvalue weighted by atomic mass is 16.5. The van der Waals surface area contributed by atoms with Gasteiger partial charge in [-0.2, -0.15) is 5.10 Å². The Balaban J connectivity index is 1.86. The summed E-state index contributed by atoms with van der Waals surface area (Å²) in [6, 6.07) is 1.88. The molecule has 1 unspecified atom stereocenters. The van der Waals surface area contributed by atoms with E-state index in [4.69, 9.17) is 9.47 Å². The van der Waals surface area contributed by atoms with Gasteiger partial charge in [0.15, 0.2) is 6.10 Å². The molecule has 0 bridgehead atoms. The third-order valence-corrected chi connectivity index (χ3v) is 3.36. The topological polar surface area (TPSA) is 73.7 Å². The smallest absolute Gasteiger partial charge is 0.328 e. The Morgan fingerprint density at radius 2 is 2.05 bits per heavy atom. The maximum Gasteiger partial charge on any atom is 0.328 e. The fraction of sp³-hybridized carbons (Fsp3) is 0.643. The first-order valence-electron chi connectivity index (χ1n) is 7.04. The summed E-state index contributed by atoms with van der Waals surface area (Å²) in [6.07, 6.45) is -0.785. The molecule has 0 spiro atoms. The lowest BCUT2D eigenvalue weighted by Crippen LogP contribution is -2.46. The van der Waals surface area contributed by atoms with Crippen LogP contribution in [0.3, 0.4) is 0 Å². The predicted molar refractivity (Wildman–Crippen MR) is 74.7 cm³/mol. The first-order chi connectivity index (χ1) is 9.97. The standard InChI is InChI=1S/C14H21N3O4/c1-10-8-11(2)17(15-10)9-13(18)21-12(3)14(19)16-4-6-20-7-5-16/h8,12H,4-7,9H2,1-3H3. The molecule has 0 radical (unpaired) electrons. The number of morpholine rings is 1. The van der Waals surface area contributed by atoms with Crippen LogP contribution in [0.4, 0.5) is 0 Å². The Labute approximate surface area is 123 Å². The molecule has 7 heteroatoms. The van der Waals surface area contributed by atoms with E-state index in [1.807, 2.05) is 19.9 Å². The second kappa shape index (κ2) is 6.71. The fourth-order valence-electron chi connectivity index (χ4n) is 2.28. The summed E-state index contributed by atoms with van der Waals surface area (Å²) in [7, 11) is 0. The van der Waals surface area contributed by atoms with Crippen LogP contribution in [0.25, 0.3) is 0 Å². The summed E-state index contributed by atoms with van der Waals surface area (Å²) in [5, 5.41) is 4.20. The quantitative estimate of drug-likeness (QED) is 0.747. The zero-order valence-corrected chi connectivity index (χ0v) is 12.7. The molecule has 1 amide bonds. The Morgan fingerprint density at radius 3 is 2.62 bits per heavy atom. The average molecular weight is 295 g/mol. The van der Waals surface area contributed by atoms with Crippen LogP contribution in [0.2, 0.25) is 0 Å². The molecule has 1 saturated heterocycles. The third-order valence-electron chi connectivity index (χ3n) is 3.36. The van der Waals surface area contributed by atoms with E-state index in [2.05, 4.69) is 5.10 Å². The summed E-state index contributed by atoms with van der Waals surface area (Å²) >= 11 is 0. The fourth-order valence-corrected chi connectivity index (χ4v) is 2.28. The van der Waals surface area contributed by atoms with Crippen LogP contribution in [-0.4, -0.2) is 59.0 Å². The first kappa shape index (κ1) is 15.5. The predicted octanol–water partition coefficient (Wildman–Crippen LogP) is 0.290. The summed E-state index contributed by atoms with van der Waals surface area (Å²) in [5.41, 5.74) is 1.73. The molecule has 0 aliphatic carbocycles. The van der Waals surface area contributed by atoms with Crippen molar-refractivity contribution in [2.75, 3.05) is 26.3 Å². The summed E-state index contributed by atoms with van der Waals surface area (Å²) < 4.78 is 12.0. The van der Waals surface area contributed by atoms with Gasteiger partial charge in [0.25, 0.3) is 5.91 Å². The number of hydrogen-bond donors (Lipinski definition) is 0. The van der Waals surface area contributed by atoms with E-state index in [-0.39, 0.29) is 12.5 Å². The van der Waals surface area contributed by atoms with Gasteiger partial charge >= 0.3 is 5.97 Å². The molecule has 116 valence electrons. The number of carbonyl (C=O) groups excluding carboxylic acids is 2. The Kier molecular flexibility index (Phi) is 4.95. The van der Waals surface area contributed by atoms with E-state index in [1.54, 1.807) is 16.5 Å². The van der Waals surface area contributed by atoms with Gasteiger partial charge in [0.2, 0.25) is 0 Å². The molecular weight excluding hydrogens is 274 g/mol. The van der Waals surface area contributed by atoms with Gasteiger partial charge in [-0.05, 0) is 26.8 Å². The van der Waals surface area contributed by atoms with Gasteiger partial charge in [0, 0.05) is 18.8 Å². The molecule has 2 heterocycles. The summed E-state index contributed by atoms with van der Waals surface area (Å²) in [6.45, 7) is 7.47. The van der Waals surface area contributed by atoms with Crippen molar-refractivity contribution < 1.29 is 19.1 Å². The van der Waals surface area contributed by atoms with E-state index in [9.17, 15) is 9.59 Å². The molecule has 1 aliphatic heterocycles. The van der Waals surface area contributed by atoms with E-state index in [0.717, 1.165) is 11.4 Å². The van der Waals surface area contributed by atoms with Crippen LogP contribution in [0, 0.1) is 13.8 Å². The van der Waals surface area contributed by atoms with Crippen LogP contribution in [0.15, 0.2) is 6.07 Å². The molecule has 0 saturated carbocycles. The minimum absolute atomic E-state index is 0.0143. The molecule has 1 aromatic heterocycles. The molecule has 2 rings (SSSR count). The van der Waals surface area contributed by atoms with Gasteiger partial charge < -0.3 is 14.4 Å². The molecular formula is C14H21N3O4. The highest BCUT2D eigenvalue weighted by Gasteiger charge is 2.25. The average Bonchev–Trinajstić information content (AvgIpc) is 2.76. The lowest BCUT2D eigenvalue weighted by atomic mass is 10.3. The highest BCUT2D eigenvalue weighted by molar-refractivity contribution is 5.83. The van der Waals surface area contributed by atoms with Crippen molar-refractivity contribution in [1.29, 1.82) is 0 Å². The van der Waals surface area contributed by atoms with E-state index < -0.39 is 12.1 Å². The van der Waals surface area contributed by atoms with Gasteiger partial charge in [-0.25, -0.2) is 0 Å². The Morgan fingerprint density at radius 1 is 1.38 bits per heavy atom. The molecule has 1 aliphatic rings. The largest absolute Gasteiger partial charge is 0.451 e. The normalized spacial score (nSPS) is 16.6. The molecule has 7 nitrogen and oxygen atoms in total. The van der Waals surface area contributed by atoms with E-state index in [1.165, 1.54) is 0 Å². The molecule has 1 aromatic rings. The van der Waals surface area contributed by atoms with Gasteiger partial charge in [0.05, 0.1) is 18.9 Å². The van der Waals surface area contributed by atoms with Crippen LogP contribution in [0.1, 0.15) is 18.3 Å². The molecule has 1 atom stereocenters. The number of esters is 1. The number of nitrogens with zero attached hydrogens (tertiary/aromatic N) is 3. The van der Waals surface area contributed by atoms with Gasteiger partial charge in [-0.3, -0.25) is 14.3 Å². The highest BCUT2D eigenvalue weighted by Crippen LogP contribution is 2.06. The molecule has 1 fully saturated rings. The maximum atomic E-state index is 12.1. The lowest BCUT2D eigenvalue weighted by Gasteiger charge is -2.28. The summed E-state index contributed by atoms with van der Waals surface area (Å²) in [5.74, 6) is -0.643. The zero-order valence-electron chi connectivity index (χ0n) is 12.7. The van der Waals surface area contributed by atoms with Crippen LogP contribution in [0.5, 0.6) is 0 Å². The van der Waals surface area contributed by atoms with Crippen molar-refractivity contribution in [2.45, 2.75) is 33.4 Å². The monoisotopic (exact) mass is 295 g/mol. The molecule has 0 aromatic carbocycles. The number of aryl methyl sites for hydroxylation is 2. The van der Waals surface area contributed by atoms with Crippen molar-refractivity contribution >= 4 is 11.9 Å². The van der Waals surface area contributed by atoms with Crippen molar-refractivity contribution in [3.8, 4) is 0 Å². The SMILES string of the molecule is Cc1cc(C)n(CC(=O)OC(C)C(=O)N2CCOCC2)n1. The second-order valence-electron chi connectivity index (χ2n) is 5.15. The van der Waals surface area contributed by atoms with Crippen molar-refractivity contribution in [1.82, 2.24) is 14.7 Å². The minimum atomic E-state index is -0.785. The number of carbonyl (C=O) groups is 2. The van der Waals surface area contributed by atoms with Crippen molar-refractivity contribution in [2.24, 2.45) is 0 Å². The third kappa shape index (κ3) is 4.04. The van der Waals surface area contributed by atoms with E-state index in [0.29, 0.717) is 26.3 Å². The molecule has 21 heavy (non-hydrogen) atoms. The van der Waals surface area contributed by atoms with Gasteiger partial charge in [-0.1, -0.05) is 0 Å². The molecule has 0 N–H and O–H groups in total. The number of amides is 1. The Bertz CT molecular complexity index is 520. The first-order valence-corrected chi connectivity index (χ1v) is 7.04. The zero-order chi connectivity index (χ0) is 15.4. The summed E-state index contributed by atoms with van der Waals surface area (Å²) in [4.78, 5) is 25.7. The van der Waals surface area contributed by atoms with Crippen molar-refractivity contribution in [3.63, 3.8) is 0 Å². The number of rotatable bonds is 4. The minimum Gasteiger partial charge on any atom is -0.451 e. The Hall–Kier alpha value is -1.89. The van der Waals surface area contributed by atoms with Crippen LogP contribution in [-0.2, 0) is 25.6 Å². The lowest BCUT2D eigenvalue weighted by molar-refractivity contribution is -0.161. The number of aromatic nitrogens is 2. The van der Waals surface area contributed by atoms with Crippen molar-refractivity contribution in [3.05, 3.63) is 17.5 Å². The van der Waals surface area contributed by atoms with Gasteiger partial charge in [-0.15, -0.1) is 0 Å². The maximum absolute atomic E-state index is 12.1. The second-order valence-corrected chi connectivity index (χ2v) is 5.15. The van der Waals surface area contributed by atoms with Gasteiger partial charge in [0.1, 0.15) is 6.54 Å². The van der Waals surface area contributed by atoms with Crippen LogP contribution < -0.4 is 0 Å². The van der Waals surface area contributed by atoms with Crippen LogP contribution >= 0.6 is 0 Å². The number of ether oxygens (including phenoxy) is 2. The van der Waals surface area contributed by atoms with E-state index >= 15 is 0 Å². The number of hydrogen-bond acceptors (Lipinski definition) is 5.